The summed E-state index contributed by atoms with van der Waals surface area (Å²) in [6.45, 7) is 2.74. The van der Waals surface area contributed by atoms with Gasteiger partial charge in [-0.05, 0) is 23.6 Å². The number of rotatable bonds is 7. The molecule has 3 rings (SSSR count). The molecule has 1 heterocycles. The highest BCUT2D eigenvalue weighted by Crippen LogP contribution is 2.18. The van der Waals surface area contributed by atoms with Gasteiger partial charge in [0.1, 0.15) is 12.7 Å². The van der Waals surface area contributed by atoms with E-state index in [0.29, 0.717) is 18.7 Å². The van der Waals surface area contributed by atoms with Crippen LogP contribution >= 0.6 is 0 Å². The molecular formula is C19H20N6O3. The van der Waals surface area contributed by atoms with Crippen LogP contribution in [0.25, 0.3) is 0 Å². The third-order valence-electron chi connectivity index (χ3n) is 4.18. The number of nitrogens with zero attached hydrogens (tertiary/aromatic N) is 4. The summed E-state index contributed by atoms with van der Waals surface area (Å²) in [4.78, 5) is 26.5. The summed E-state index contributed by atoms with van der Waals surface area (Å²) in [5.41, 5.74) is 2.67. The number of benzene rings is 2. The molecule has 3 aromatic rings. The van der Waals surface area contributed by atoms with Crippen LogP contribution in [0, 0.1) is 10.1 Å². The molecule has 2 aromatic carbocycles. The number of hydrogen-bond donors (Lipinski definition) is 2. The number of hydrogen-bond acceptors (Lipinski definition) is 5. The van der Waals surface area contributed by atoms with Crippen molar-refractivity contribution in [1.29, 1.82) is 0 Å². The number of non-ortho nitro benzene ring substituents is 1. The van der Waals surface area contributed by atoms with E-state index in [2.05, 4.69) is 20.7 Å². The van der Waals surface area contributed by atoms with Gasteiger partial charge < -0.3 is 10.6 Å². The Balaban J connectivity index is 1.54. The van der Waals surface area contributed by atoms with E-state index in [1.807, 2.05) is 24.3 Å². The Bertz CT molecular complexity index is 958. The number of aromatic nitrogens is 3. The second kappa shape index (κ2) is 8.76. The predicted molar refractivity (Wildman–Crippen MR) is 102 cm³/mol. The predicted octanol–water partition coefficient (Wildman–Crippen LogP) is 2.80. The van der Waals surface area contributed by atoms with Crippen LogP contribution in [0.5, 0.6) is 0 Å². The first kappa shape index (κ1) is 19.0. The maximum absolute atomic E-state index is 12.2. The van der Waals surface area contributed by atoms with Crippen molar-refractivity contribution in [3.63, 3.8) is 0 Å². The summed E-state index contributed by atoms with van der Waals surface area (Å²) in [5, 5.41) is 20.6. The second-order valence-electron chi connectivity index (χ2n) is 6.31. The maximum atomic E-state index is 12.2. The number of nitrogens with one attached hydrogen (secondary N) is 2. The number of carbonyl (C=O) groups is 1. The minimum absolute atomic E-state index is 0.00393. The van der Waals surface area contributed by atoms with Crippen molar-refractivity contribution < 1.29 is 9.72 Å². The van der Waals surface area contributed by atoms with Crippen LogP contribution in [0.3, 0.4) is 0 Å². The molecule has 0 aliphatic carbocycles. The molecule has 0 spiro atoms. The molecule has 28 heavy (non-hydrogen) atoms. The van der Waals surface area contributed by atoms with Crippen LogP contribution in [0.15, 0.2) is 61.2 Å². The fraction of sp³-hybridized carbons (Fsp3) is 0.211. The Morgan fingerprint density at radius 1 is 1.21 bits per heavy atom. The summed E-state index contributed by atoms with van der Waals surface area (Å²) in [6, 6.07) is 13.3. The van der Waals surface area contributed by atoms with Gasteiger partial charge >= 0.3 is 6.03 Å². The van der Waals surface area contributed by atoms with Crippen molar-refractivity contribution in [2.75, 3.05) is 0 Å². The normalized spacial score (nSPS) is 11.6. The van der Waals surface area contributed by atoms with Crippen molar-refractivity contribution in [2.45, 2.75) is 26.1 Å². The molecule has 0 radical (unpaired) electrons. The Kier molecular flexibility index (Phi) is 5.95. The zero-order valence-corrected chi connectivity index (χ0v) is 15.3. The van der Waals surface area contributed by atoms with Crippen molar-refractivity contribution in [3.05, 3.63) is 88.0 Å². The second-order valence-corrected chi connectivity index (χ2v) is 6.31. The van der Waals surface area contributed by atoms with Crippen LogP contribution in [-0.2, 0) is 13.1 Å². The Hall–Kier alpha value is -3.75. The van der Waals surface area contributed by atoms with E-state index in [1.165, 1.54) is 18.5 Å². The van der Waals surface area contributed by atoms with Crippen LogP contribution in [0.2, 0.25) is 0 Å². The number of nitro benzene ring substituents is 1. The average Bonchev–Trinajstić information content (AvgIpc) is 3.20. The van der Waals surface area contributed by atoms with Crippen LogP contribution in [0.1, 0.15) is 29.7 Å². The van der Waals surface area contributed by atoms with Gasteiger partial charge in [0, 0.05) is 18.7 Å². The van der Waals surface area contributed by atoms with E-state index in [0.717, 1.165) is 11.1 Å². The molecule has 0 saturated carbocycles. The van der Waals surface area contributed by atoms with E-state index in [1.54, 1.807) is 30.1 Å². The molecular weight excluding hydrogens is 360 g/mol. The van der Waals surface area contributed by atoms with Gasteiger partial charge in [0.2, 0.25) is 0 Å². The van der Waals surface area contributed by atoms with Crippen molar-refractivity contribution in [1.82, 2.24) is 25.4 Å². The maximum Gasteiger partial charge on any atom is 0.315 e. The minimum atomic E-state index is -0.456. The molecule has 2 N–H and O–H groups in total. The van der Waals surface area contributed by atoms with Crippen LogP contribution in [-0.4, -0.2) is 25.7 Å². The lowest BCUT2D eigenvalue weighted by molar-refractivity contribution is -0.384. The van der Waals surface area contributed by atoms with Crippen molar-refractivity contribution in [3.8, 4) is 0 Å². The lowest BCUT2D eigenvalue weighted by atomic mass is 10.1. The highest BCUT2D eigenvalue weighted by atomic mass is 16.6. The summed E-state index contributed by atoms with van der Waals surface area (Å²) < 4.78 is 1.72. The fourth-order valence-corrected chi connectivity index (χ4v) is 2.76. The minimum Gasteiger partial charge on any atom is -0.334 e. The molecule has 1 atom stereocenters. The Labute approximate surface area is 161 Å². The SMILES string of the molecule is CC(NC(=O)NCc1cccc(Cn2cncn2)c1)c1cccc([N+](=O)[O-])c1. The van der Waals surface area contributed by atoms with E-state index in [4.69, 9.17) is 0 Å². The lowest BCUT2D eigenvalue weighted by Gasteiger charge is -2.15. The molecule has 2 amide bonds. The van der Waals surface area contributed by atoms with E-state index in [-0.39, 0.29) is 17.8 Å². The quantitative estimate of drug-likeness (QED) is 0.483. The zero-order chi connectivity index (χ0) is 19.9. The lowest BCUT2D eigenvalue weighted by Crippen LogP contribution is -2.36. The van der Waals surface area contributed by atoms with Crippen molar-refractivity contribution >= 4 is 11.7 Å². The van der Waals surface area contributed by atoms with E-state index in [9.17, 15) is 14.9 Å². The molecule has 144 valence electrons. The topological polar surface area (TPSA) is 115 Å². The molecule has 1 aromatic heterocycles. The van der Waals surface area contributed by atoms with Gasteiger partial charge in [0.25, 0.3) is 5.69 Å². The molecule has 0 aliphatic rings. The van der Waals surface area contributed by atoms with E-state index < -0.39 is 4.92 Å². The van der Waals surface area contributed by atoms with Crippen molar-refractivity contribution in [2.24, 2.45) is 0 Å². The summed E-state index contributed by atoms with van der Waals surface area (Å²) in [5.74, 6) is 0. The standard InChI is InChI=1S/C19H20N6O3/c1-14(17-6-3-7-18(9-17)25(27)28)23-19(26)21-10-15-4-2-5-16(8-15)11-24-13-20-12-22-24/h2-9,12-14H,10-11H2,1H3,(H2,21,23,26). The van der Waals surface area contributed by atoms with Crippen LogP contribution in [0.4, 0.5) is 10.5 Å². The smallest absolute Gasteiger partial charge is 0.315 e. The molecule has 9 heteroatoms. The first-order chi connectivity index (χ1) is 13.5. The number of amides is 2. The third-order valence-corrected chi connectivity index (χ3v) is 4.18. The molecule has 0 saturated heterocycles. The third kappa shape index (κ3) is 5.13. The first-order valence-electron chi connectivity index (χ1n) is 8.70. The van der Waals surface area contributed by atoms with Gasteiger partial charge in [0.05, 0.1) is 17.5 Å². The van der Waals surface area contributed by atoms with Gasteiger partial charge in [0.15, 0.2) is 0 Å². The summed E-state index contributed by atoms with van der Waals surface area (Å²) >= 11 is 0. The fourth-order valence-electron chi connectivity index (χ4n) is 2.76. The molecule has 0 fully saturated rings. The van der Waals surface area contributed by atoms with E-state index >= 15 is 0 Å². The van der Waals surface area contributed by atoms with Gasteiger partial charge in [-0.25, -0.2) is 14.5 Å². The highest BCUT2D eigenvalue weighted by Gasteiger charge is 2.13. The van der Waals surface area contributed by atoms with Gasteiger partial charge in [-0.2, -0.15) is 5.10 Å². The first-order valence-corrected chi connectivity index (χ1v) is 8.70. The number of carbonyl (C=O) groups excluding carboxylic acids is 1. The van der Waals surface area contributed by atoms with Gasteiger partial charge in [-0.15, -0.1) is 0 Å². The van der Waals surface area contributed by atoms with Crippen LogP contribution < -0.4 is 10.6 Å². The zero-order valence-electron chi connectivity index (χ0n) is 15.3. The summed E-state index contributed by atoms with van der Waals surface area (Å²) in [6.07, 6.45) is 3.13. The monoisotopic (exact) mass is 380 g/mol. The van der Waals surface area contributed by atoms with Gasteiger partial charge in [-0.3, -0.25) is 10.1 Å². The Morgan fingerprint density at radius 2 is 2.00 bits per heavy atom. The molecule has 0 bridgehead atoms. The Morgan fingerprint density at radius 3 is 2.75 bits per heavy atom. The number of urea groups is 1. The largest absolute Gasteiger partial charge is 0.334 e. The van der Waals surface area contributed by atoms with Gasteiger partial charge in [-0.1, -0.05) is 36.4 Å². The molecule has 1 unspecified atom stereocenters. The average molecular weight is 380 g/mol. The number of nitro groups is 1. The molecule has 0 aliphatic heterocycles. The molecule has 9 nitrogen and oxygen atoms in total. The summed E-state index contributed by atoms with van der Waals surface area (Å²) in [7, 11) is 0. The highest BCUT2D eigenvalue weighted by molar-refractivity contribution is 5.74.